The van der Waals surface area contributed by atoms with Crippen molar-refractivity contribution in [1.82, 2.24) is 9.13 Å². The summed E-state index contributed by atoms with van der Waals surface area (Å²) in [5, 5.41) is 4.20. The summed E-state index contributed by atoms with van der Waals surface area (Å²) in [4.78, 5) is 11.4. The molecule has 0 radical (unpaired) electrons. The fourth-order valence-electron chi connectivity index (χ4n) is 7.30. The van der Waals surface area contributed by atoms with Crippen LogP contribution >= 0.6 is 0 Å². The van der Waals surface area contributed by atoms with Crippen molar-refractivity contribution in [3.05, 3.63) is 186 Å². The molecule has 50 heavy (non-hydrogen) atoms. The average Bonchev–Trinajstić information content (AvgIpc) is 3.70. The summed E-state index contributed by atoms with van der Waals surface area (Å²) in [5.41, 5.74) is 11.5. The first-order valence-electron chi connectivity index (χ1n) is 16.2. The van der Waals surface area contributed by atoms with E-state index in [1.54, 1.807) is 0 Å². The van der Waals surface area contributed by atoms with Gasteiger partial charge in [-0.3, -0.25) is 0 Å². The molecule has 0 fully saturated rings. The monoisotopic (exact) mass is 635 g/mol. The summed E-state index contributed by atoms with van der Waals surface area (Å²) in [7, 11) is 0. The molecule has 9 rings (SSSR count). The van der Waals surface area contributed by atoms with E-state index < -0.39 is 0 Å². The molecule has 0 saturated carbocycles. The van der Waals surface area contributed by atoms with Gasteiger partial charge in [0.15, 0.2) is 17.1 Å². The lowest BCUT2D eigenvalue weighted by Crippen LogP contribution is -1.97. The zero-order valence-electron chi connectivity index (χ0n) is 26.7. The standard InChI is InChI=1S/C45H25N5/c1-46-32-17-21-44-39(26-32)40-27-33(47-2)18-22-45(40)50(44)35-24-30(29-11-5-4-6-12-29)23-31(25-35)38-28-34(19-20-41(38)48-3)49-42-15-9-7-13-36(42)37-14-8-10-16-43(37)49/h4-28H. The molecule has 0 aliphatic heterocycles. The Morgan fingerprint density at radius 3 is 1.50 bits per heavy atom. The van der Waals surface area contributed by atoms with Gasteiger partial charge in [-0.05, 0) is 99.8 Å². The molecular weight excluding hydrogens is 611 g/mol. The molecule has 0 amide bonds. The van der Waals surface area contributed by atoms with Crippen LogP contribution in [0.15, 0.2) is 152 Å². The minimum atomic E-state index is 0.548. The van der Waals surface area contributed by atoms with E-state index in [0.29, 0.717) is 17.1 Å². The Balaban J connectivity index is 1.34. The predicted molar refractivity (Wildman–Crippen MR) is 205 cm³/mol. The third-order valence-electron chi connectivity index (χ3n) is 9.52. The van der Waals surface area contributed by atoms with Gasteiger partial charge >= 0.3 is 0 Å². The Kier molecular flexibility index (Phi) is 6.56. The van der Waals surface area contributed by atoms with Gasteiger partial charge in [0.05, 0.1) is 41.8 Å². The Labute approximate surface area is 288 Å². The molecule has 9 aromatic rings. The van der Waals surface area contributed by atoms with Crippen LogP contribution in [0.3, 0.4) is 0 Å². The molecule has 0 N–H and O–H groups in total. The summed E-state index contributed by atoms with van der Waals surface area (Å²) in [6, 6.07) is 51.2. The Hall–Kier alpha value is -7.39. The quantitative estimate of drug-likeness (QED) is 0.172. The van der Waals surface area contributed by atoms with Gasteiger partial charge in [0, 0.05) is 22.1 Å². The maximum absolute atomic E-state index is 8.21. The Morgan fingerprint density at radius 2 is 0.900 bits per heavy atom. The van der Waals surface area contributed by atoms with E-state index in [9.17, 15) is 0 Å². The van der Waals surface area contributed by atoms with Crippen LogP contribution in [0, 0.1) is 19.7 Å². The largest absolute Gasteiger partial charge is 0.309 e. The zero-order valence-corrected chi connectivity index (χ0v) is 26.7. The molecule has 0 aliphatic carbocycles. The van der Waals surface area contributed by atoms with Crippen molar-refractivity contribution in [1.29, 1.82) is 0 Å². The van der Waals surface area contributed by atoms with Gasteiger partial charge in [-0.15, -0.1) is 0 Å². The number of rotatable bonds is 4. The van der Waals surface area contributed by atoms with Crippen LogP contribution in [0.25, 0.3) is 91.8 Å². The van der Waals surface area contributed by atoms with Gasteiger partial charge in [-0.25, -0.2) is 14.5 Å². The van der Waals surface area contributed by atoms with Gasteiger partial charge < -0.3 is 9.13 Å². The molecule has 0 bridgehead atoms. The van der Waals surface area contributed by atoms with E-state index in [1.807, 2.05) is 66.7 Å². The first-order chi connectivity index (χ1) is 24.6. The van der Waals surface area contributed by atoms with E-state index in [-0.39, 0.29) is 0 Å². The molecule has 5 nitrogen and oxygen atoms in total. The molecule has 230 valence electrons. The maximum atomic E-state index is 8.21. The van der Waals surface area contributed by atoms with Crippen molar-refractivity contribution in [3.8, 4) is 33.6 Å². The first-order valence-corrected chi connectivity index (χ1v) is 16.2. The molecule has 7 aromatic carbocycles. The number of aromatic nitrogens is 2. The van der Waals surface area contributed by atoms with E-state index >= 15 is 0 Å². The highest BCUT2D eigenvalue weighted by molar-refractivity contribution is 6.12. The van der Waals surface area contributed by atoms with Crippen molar-refractivity contribution in [2.75, 3.05) is 0 Å². The fraction of sp³-hybridized carbons (Fsp3) is 0. The summed E-state index contributed by atoms with van der Waals surface area (Å²) < 4.78 is 4.48. The van der Waals surface area contributed by atoms with Crippen LogP contribution in [-0.4, -0.2) is 9.13 Å². The number of hydrogen-bond acceptors (Lipinski definition) is 0. The summed E-state index contributed by atoms with van der Waals surface area (Å²) in [6.07, 6.45) is 0. The maximum Gasteiger partial charge on any atom is 0.195 e. The number of benzene rings is 7. The molecule has 0 spiro atoms. The Morgan fingerprint density at radius 1 is 0.360 bits per heavy atom. The molecule has 0 aliphatic rings. The SMILES string of the molecule is [C-]#[N+]c1ccc2c(c1)c1cc([N+]#[C-])ccc1n2-c1cc(-c2ccccc2)cc(-c2cc(-n3c4ccccc4c4ccccc43)ccc2[N+]#[C-])c1. The van der Waals surface area contributed by atoms with Gasteiger partial charge in [-0.2, -0.15) is 0 Å². The third kappa shape index (κ3) is 4.45. The van der Waals surface area contributed by atoms with Crippen LogP contribution in [0.1, 0.15) is 0 Å². The van der Waals surface area contributed by atoms with Crippen LogP contribution in [0.4, 0.5) is 17.1 Å². The third-order valence-corrected chi connectivity index (χ3v) is 9.52. The van der Waals surface area contributed by atoms with Crippen molar-refractivity contribution in [2.45, 2.75) is 0 Å². The molecule has 5 heteroatoms. The molecule has 0 unspecified atom stereocenters. The van der Waals surface area contributed by atoms with E-state index in [1.165, 1.54) is 10.8 Å². The number of hydrogen-bond donors (Lipinski definition) is 0. The molecular formula is C45H25N5. The highest BCUT2D eigenvalue weighted by Crippen LogP contribution is 2.42. The minimum absolute atomic E-state index is 0.548. The lowest BCUT2D eigenvalue weighted by Gasteiger charge is -2.16. The van der Waals surface area contributed by atoms with Gasteiger partial charge in [-0.1, -0.05) is 84.9 Å². The van der Waals surface area contributed by atoms with Gasteiger partial charge in [0.25, 0.3) is 0 Å². The summed E-state index contributed by atoms with van der Waals surface area (Å²) in [5.74, 6) is 0. The van der Waals surface area contributed by atoms with Crippen molar-refractivity contribution >= 4 is 60.7 Å². The Bertz CT molecular complexity index is 2830. The van der Waals surface area contributed by atoms with Gasteiger partial charge in [0.2, 0.25) is 0 Å². The highest BCUT2D eigenvalue weighted by Gasteiger charge is 2.18. The van der Waals surface area contributed by atoms with E-state index in [2.05, 4.69) is 109 Å². The molecule has 2 heterocycles. The number of nitrogens with zero attached hydrogens (tertiary/aromatic N) is 5. The molecule has 0 atom stereocenters. The van der Waals surface area contributed by atoms with Gasteiger partial charge in [0.1, 0.15) is 0 Å². The van der Waals surface area contributed by atoms with E-state index in [4.69, 9.17) is 19.7 Å². The lowest BCUT2D eigenvalue weighted by molar-refractivity contribution is 1.18. The van der Waals surface area contributed by atoms with Crippen molar-refractivity contribution in [2.24, 2.45) is 0 Å². The smallest absolute Gasteiger partial charge is 0.195 e. The van der Waals surface area contributed by atoms with E-state index in [0.717, 1.165) is 66.5 Å². The predicted octanol–water partition coefficient (Wildman–Crippen LogP) is 12.9. The normalized spacial score (nSPS) is 11.1. The van der Waals surface area contributed by atoms with Crippen LogP contribution < -0.4 is 0 Å². The fourth-order valence-corrected chi connectivity index (χ4v) is 7.30. The van der Waals surface area contributed by atoms with Crippen LogP contribution in [0.2, 0.25) is 0 Å². The molecule has 2 aromatic heterocycles. The minimum Gasteiger partial charge on any atom is -0.309 e. The summed E-state index contributed by atoms with van der Waals surface area (Å²) in [6.45, 7) is 23.5. The highest BCUT2D eigenvalue weighted by atomic mass is 15.0. The topological polar surface area (TPSA) is 22.9 Å². The molecule has 0 saturated heterocycles. The van der Waals surface area contributed by atoms with Crippen molar-refractivity contribution < 1.29 is 0 Å². The zero-order chi connectivity index (χ0) is 33.8. The van der Waals surface area contributed by atoms with Crippen LogP contribution in [0.5, 0.6) is 0 Å². The lowest BCUT2D eigenvalue weighted by atomic mass is 9.96. The second kappa shape index (κ2) is 11.4. The first kappa shape index (κ1) is 28.8. The van der Waals surface area contributed by atoms with Crippen molar-refractivity contribution in [3.63, 3.8) is 0 Å². The second-order valence-electron chi connectivity index (χ2n) is 12.3. The number of para-hydroxylation sites is 2. The van der Waals surface area contributed by atoms with Crippen LogP contribution in [-0.2, 0) is 0 Å². The average molecular weight is 636 g/mol. The summed E-state index contributed by atoms with van der Waals surface area (Å²) >= 11 is 0. The second-order valence-corrected chi connectivity index (χ2v) is 12.3. The number of fused-ring (bicyclic) bond motifs is 6.